The smallest absolute Gasteiger partial charge is 0.128 e. The molecular weight excluding hydrogens is 334 g/mol. The van der Waals surface area contributed by atoms with Crippen LogP contribution in [0.1, 0.15) is 24.4 Å². The topological polar surface area (TPSA) is 15.3 Å². The van der Waals surface area contributed by atoms with Crippen LogP contribution in [0, 0.1) is 5.82 Å². The molecule has 0 spiro atoms. The number of rotatable bonds is 5. The first kappa shape index (κ1) is 20.7. The molecule has 1 saturated heterocycles. The van der Waals surface area contributed by atoms with Gasteiger partial charge < -0.3 is 5.32 Å². The molecule has 2 rings (SSSR count). The van der Waals surface area contributed by atoms with E-state index in [1.807, 2.05) is 6.08 Å². The van der Waals surface area contributed by atoms with Crippen molar-refractivity contribution in [3.63, 3.8) is 0 Å². The molecule has 1 N–H and O–H groups in total. The molecule has 1 heterocycles. The van der Waals surface area contributed by atoms with E-state index in [-0.39, 0.29) is 36.7 Å². The standard InChI is InChI=1S/C15H20ClFN2.2ClH/c1-2-3-4-15(19-9-7-18-8-10-19)13-11-12(16)5-6-14(13)17;;/h2,5-6,11,15,18H,1,3-4,7-10H2;2*1H/t15-;;/m0../s1. The van der Waals surface area contributed by atoms with Crippen molar-refractivity contribution in [2.24, 2.45) is 0 Å². The highest BCUT2D eigenvalue weighted by molar-refractivity contribution is 6.30. The second-order valence-electron chi connectivity index (χ2n) is 4.83. The minimum absolute atomic E-state index is 0. The molecule has 0 radical (unpaired) electrons. The Morgan fingerprint density at radius 1 is 1.33 bits per heavy atom. The normalized spacial score (nSPS) is 16.5. The van der Waals surface area contributed by atoms with E-state index < -0.39 is 0 Å². The van der Waals surface area contributed by atoms with E-state index in [0.29, 0.717) is 10.6 Å². The van der Waals surface area contributed by atoms with Crippen LogP contribution in [0.25, 0.3) is 0 Å². The predicted molar refractivity (Wildman–Crippen MR) is 92.5 cm³/mol. The molecule has 0 unspecified atom stereocenters. The Bertz CT molecular complexity index is 437. The highest BCUT2D eigenvalue weighted by atomic mass is 35.5. The first-order chi connectivity index (χ1) is 9.22. The van der Waals surface area contributed by atoms with E-state index >= 15 is 0 Å². The molecule has 1 fully saturated rings. The number of hydrogen-bond acceptors (Lipinski definition) is 2. The maximum absolute atomic E-state index is 14.1. The Morgan fingerprint density at radius 2 is 2.00 bits per heavy atom. The summed E-state index contributed by atoms with van der Waals surface area (Å²) in [6, 6.07) is 4.90. The first-order valence-corrected chi connectivity index (χ1v) is 7.11. The Balaban J connectivity index is 0.00000200. The van der Waals surface area contributed by atoms with Crippen LogP contribution in [0.5, 0.6) is 0 Å². The molecule has 1 aromatic rings. The van der Waals surface area contributed by atoms with E-state index in [1.54, 1.807) is 12.1 Å². The van der Waals surface area contributed by atoms with Gasteiger partial charge >= 0.3 is 0 Å². The molecule has 1 aliphatic heterocycles. The van der Waals surface area contributed by atoms with E-state index in [9.17, 15) is 4.39 Å². The lowest BCUT2D eigenvalue weighted by atomic mass is 9.99. The minimum Gasteiger partial charge on any atom is -0.314 e. The third-order valence-corrected chi connectivity index (χ3v) is 3.79. The number of halogens is 4. The van der Waals surface area contributed by atoms with Gasteiger partial charge in [0, 0.05) is 42.8 Å². The maximum atomic E-state index is 14.1. The van der Waals surface area contributed by atoms with Crippen molar-refractivity contribution in [2.45, 2.75) is 18.9 Å². The number of nitrogens with one attached hydrogen (secondary N) is 1. The summed E-state index contributed by atoms with van der Waals surface area (Å²) < 4.78 is 14.1. The number of allylic oxidation sites excluding steroid dienone is 1. The minimum atomic E-state index is -0.169. The third kappa shape index (κ3) is 5.76. The van der Waals surface area contributed by atoms with E-state index in [2.05, 4.69) is 16.8 Å². The SMILES string of the molecule is C=CCC[C@@H](c1cc(Cl)ccc1F)N1CCNCC1.Cl.Cl. The van der Waals surface area contributed by atoms with Crippen LogP contribution in [-0.2, 0) is 0 Å². The summed E-state index contributed by atoms with van der Waals surface area (Å²) in [5, 5.41) is 3.91. The Kier molecular flexibility index (Phi) is 10.3. The second kappa shape index (κ2) is 10.4. The van der Waals surface area contributed by atoms with Gasteiger partial charge in [-0.15, -0.1) is 31.4 Å². The van der Waals surface area contributed by atoms with Crippen molar-refractivity contribution >= 4 is 36.4 Å². The summed E-state index contributed by atoms with van der Waals surface area (Å²) in [7, 11) is 0. The van der Waals surface area contributed by atoms with Gasteiger partial charge in [0.1, 0.15) is 5.82 Å². The molecular formula is C15H22Cl3FN2. The molecule has 1 aromatic carbocycles. The van der Waals surface area contributed by atoms with Crippen molar-refractivity contribution in [1.82, 2.24) is 10.2 Å². The number of hydrogen-bond donors (Lipinski definition) is 1. The van der Waals surface area contributed by atoms with E-state index in [1.165, 1.54) is 6.07 Å². The fourth-order valence-electron chi connectivity index (χ4n) is 2.57. The molecule has 0 bridgehead atoms. The van der Waals surface area contributed by atoms with Gasteiger partial charge in [-0.25, -0.2) is 4.39 Å². The van der Waals surface area contributed by atoms with Gasteiger partial charge in [-0.1, -0.05) is 17.7 Å². The van der Waals surface area contributed by atoms with E-state index in [0.717, 1.165) is 39.0 Å². The van der Waals surface area contributed by atoms with Gasteiger partial charge in [-0.05, 0) is 31.0 Å². The van der Waals surface area contributed by atoms with Crippen LogP contribution in [0.15, 0.2) is 30.9 Å². The summed E-state index contributed by atoms with van der Waals surface area (Å²) >= 11 is 6.02. The van der Waals surface area contributed by atoms with Crippen molar-refractivity contribution in [1.29, 1.82) is 0 Å². The Morgan fingerprint density at radius 3 is 2.62 bits per heavy atom. The summed E-state index contributed by atoms with van der Waals surface area (Å²) in [6.07, 6.45) is 3.64. The van der Waals surface area contributed by atoms with Crippen molar-refractivity contribution in [3.05, 3.63) is 47.3 Å². The molecule has 0 aromatic heterocycles. The predicted octanol–water partition coefficient (Wildman–Crippen LogP) is 4.24. The maximum Gasteiger partial charge on any atom is 0.128 e. The van der Waals surface area contributed by atoms with Crippen LogP contribution in [-0.4, -0.2) is 31.1 Å². The zero-order chi connectivity index (χ0) is 13.7. The molecule has 6 heteroatoms. The monoisotopic (exact) mass is 354 g/mol. The Labute approximate surface area is 143 Å². The Hall–Kier alpha value is -0.320. The molecule has 0 amide bonds. The van der Waals surface area contributed by atoms with E-state index in [4.69, 9.17) is 11.6 Å². The molecule has 0 saturated carbocycles. The van der Waals surface area contributed by atoms with Crippen LogP contribution in [0.2, 0.25) is 5.02 Å². The molecule has 2 nitrogen and oxygen atoms in total. The highest BCUT2D eigenvalue weighted by Crippen LogP contribution is 2.30. The lowest BCUT2D eigenvalue weighted by molar-refractivity contribution is 0.163. The van der Waals surface area contributed by atoms with Gasteiger partial charge in [0.15, 0.2) is 0 Å². The van der Waals surface area contributed by atoms with Crippen LogP contribution < -0.4 is 5.32 Å². The summed E-state index contributed by atoms with van der Waals surface area (Å²) in [5.74, 6) is -0.169. The lowest BCUT2D eigenvalue weighted by Gasteiger charge is -2.35. The van der Waals surface area contributed by atoms with Crippen molar-refractivity contribution < 1.29 is 4.39 Å². The fraction of sp³-hybridized carbons (Fsp3) is 0.467. The van der Waals surface area contributed by atoms with Crippen molar-refractivity contribution in [3.8, 4) is 0 Å². The summed E-state index contributed by atoms with van der Waals surface area (Å²) in [6.45, 7) is 7.54. The molecule has 0 aliphatic carbocycles. The van der Waals surface area contributed by atoms with Gasteiger partial charge in [0.25, 0.3) is 0 Å². The van der Waals surface area contributed by atoms with Crippen LogP contribution in [0.4, 0.5) is 4.39 Å². The third-order valence-electron chi connectivity index (χ3n) is 3.55. The van der Waals surface area contributed by atoms with Gasteiger partial charge in [-0.2, -0.15) is 0 Å². The summed E-state index contributed by atoms with van der Waals surface area (Å²) in [4.78, 5) is 2.33. The van der Waals surface area contributed by atoms with Crippen molar-refractivity contribution in [2.75, 3.05) is 26.2 Å². The quantitative estimate of drug-likeness (QED) is 0.795. The number of benzene rings is 1. The zero-order valence-electron chi connectivity index (χ0n) is 11.9. The second-order valence-corrected chi connectivity index (χ2v) is 5.27. The molecule has 120 valence electrons. The number of piperazine rings is 1. The average Bonchev–Trinajstić information content (AvgIpc) is 2.44. The molecule has 21 heavy (non-hydrogen) atoms. The lowest BCUT2D eigenvalue weighted by Crippen LogP contribution is -2.45. The van der Waals surface area contributed by atoms with Gasteiger partial charge in [0.05, 0.1) is 0 Å². The highest BCUT2D eigenvalue weighted by Gasteiger charge is 2.24. The zero-order valence-corrected chi connectivity index (χ0v) is 14.2. The number of nitrogens with zero attached hydrogens (tertiary/aromatic N) is 1. The fourth-order valence-corrected chi connectivity index (χ4v) is 2.75. The van der Waals surface area contributed by atoms with Crippen LogP contribution >= 0.6 is 36.4 Å². The van der Waals surface area contributed by atoms with Gasteiger partial charge in [0.2, 0.25) is 0 Å². The average molecular weight is 356 g/mol. The largest absolute Gasteiger partial charge is 0.314 e. The molecule has 1 aliphatic rings. The molecule has 1 atom stereocenters. The first-order valence-electron chi connectivity index (χ1n) is 6.73. The summed E-state index contributed by atoms with van der Waals surface area (Å²) in [5.41, 5.74) is 0.705. The van der Waals surface area contributed by atoms with Crippen LogP contribution in [0.3, 0.4) is 0 Å². The van der Waals surface area contributed by atoms with Gasteiger partial charge in [-0.3, -0.25) is 4.90 Å².